The Bertz CT molecular complexity index is 170. The van der Waals surface area contributed by atoms with Crippen LogP contribution < -0.4 is 0 Å². The summed E-state index contributed by atoms with van der Waals surface area (Å²) in [5, 5.41) is 3.51. The monoisotopic (exact) mass is 168 g/mol. The van der Waals surface area contributed by atoms with Crippen molar-refractivity contribution in [3.05, 3.63) is 10.4 Å². The van der Waals surface area contributed by atoms with E-state index in [9.17, 15) is 0 Å². The summed E-state index contributed by atoms with van der Waals surface area (Å²) >= 11 is 0. The van der Waals surface area contributed by atoms with Gasteiger partial charge in [-0.15, -0.1) is 0 Å². The molecule has 1 rings (SSSR count). The highest BCUT2D eigenvalue weighted by Gasteiger charge is 2.26. The van der Waals surface area contributed by atoms with Crippen LogP contribution in [0, 0.1) is 0 Å². The summed E-state index contributed by atoms with van der Waals surface area (Å²) < 4.78 is 0. The van der Waals surface area contributed by atoms with E-state index in [2.05, 4.69) is 21.8 Å². The van der Waals surface area contributed by atoms with Crippen LogP contribution >= 0.6 is 0 Å². The molecule has 0 aromatic carbocycles. The smallest absolute Gasteiger partial charge is 0.0270 e. The molecule has 0 saturated heterocycles. The van der Waals surface area contributed by atoms with Crippen molar-refractivity contribution in [2.45, 2.75) is 32.2 Å². The summed E-state index contributed by atoms with van der Waals surface area (Å²) in [6.07, 6.45) is 3.71. The lowest BCUT2D eigenvalue weighted by molar-refractivity contribution is 0.276. The molecule has 0 amide bonds. The molecule has 0 bridgehead atoms. The molecule has 0 radical (unpaired) electrons. The molecule has 0 aliphatic heterocycles. The van der Waals surface area contributed by atoms with Crippen LogP contribution in [0.3, 0.4) is 0 Å². The molecule has 0 aromatic rings. The Hall–Kier alpha value is -0.730. The molecule has 68 valence electrons. The highest BCUT2D eigenvalue weighted by Crippen LogP contribution is 2.26. The average molecular weight is 168 g/mol. The summed E-state index contributed by atoms with van der Waals surface area (Å²) in [6.45, 7) is 5.03. The standard InChI is InChI=1S/C8H16N4/c1-2-12(8-4-5-8)7-3-6-10-11-9/h8H,2-7H2,1H3. The molecule has 4 nitrogen and oxygen atoms in total. The molecule has 0 heterocycles. The minimum atomic E-state index is 0.639. The minimum Gasteiger partial charge on any atom is -0.301 e. The Morgan fingerprint density at radius 2 is 2.33 bits per heavy atom. The van der Waals surface area contributed by atoms with Gasteiger partial charge in [-0.3, -0.25) is 0 Å². The molecule has 1 aliphatic rings. The van der Waals surface area contributed by atoms with E-state index >= 15 is 0 Å². The molecule has 4 heteroatoms. The van der Waals surface area contributed by atoms with Crippen molar-refractivity contribution in [2.24, 2.45) is 5.11 Å². The van der Waals surface area contributed by atoms with Gasteiger partial charge in [0.1, 0.15) is 0 Å². The lowest BCUT2D eigenvalue weighted by Crippen LogP contribution is -2.27. The quantitative estimate of drug-likeness (QED) is 0.259. The number of nitrogens with zero attached hydrogens (tertiary/aromatic N) is 4. The predicted octanol–water partition coefficient (Wildman–Crippen LogP) is 2.17. The molecule has 0 atom stereocenters. The third-order valence-electron chi connectivity index (χ3n) is 2.24. The topological polar surface area (TPSA) is 52.0 Å². The second-order valence-electron chi connectivity index (χ2n) is 3.17. The van der Waals surface area contributed by atoms with Gasteiger partial charge in [0.2, 0.25) is 0 Å². The van der Waals surface area contributed by atoms with Crippen molar-refractivity contribution in [1.29, 1.82) is 0 Å². The number of rotatable bonds is 6. The third kappa shape index (κ3) is 3.11. The van der Waals surface area contributed by atoms with Crippen molar-refractivity contribution in [3.8, 4) is 0 Å². The Balaban J connectivity index is 2.06. The van der Waals surface area contributed by atoms with Crippen molar-refractivity contribution in [1.82, 2.24) is 4.90 Å². The largest absolute Gasteiger partial charge is 0.301 e. The summed E-state index contributed by atoms with van der Waals surface area (Å²) in [6, 6.07) is 0.834. The first-order valence-electron chi connectivity index (χ1n) is 4.63. The maximum absolute atomic E-state index is 8.05. The number of hydrogen-bond acceptors (Lipinski definition) is 2. The maximum atomic E-state index is 8.05. The highest BCUT2D eigenvalue weighted by atomic mass is 15.2. The minimum absolute atomic E-state index is 0.639. The predicted molar refractivity (Wildman–Crippen MR) is 48.9 cm³/mol. The molecule has 0 unspecified atom stereocenters. The zero-order valence-electron chi connectivity index (χ0n) is 7.61. The fourth-order valence-electron chi connectivity index (χ4n) is 1.43. The summed E-state index contributed by atoms with van der Waals surface area (Å²) in [5.74, 6) is 0. The second kappa shape index (κ2) is 5.01. The first-order valence-corrected chi connectivity index (χ1v) is 4.63. The van der Waals surface area contributed by atoms with Crippen molar-refractivity contribution >= 4 is 0 Å². The van der Waals surface area contributed by atoms with Crippen LogP contribution in [0.5, 0.6) is 0 Å². The van der Waals surface area contributed by atoms with Gasteiger partial charge in [-0.1, -0.05) is 12.0 Å². The fourth-order valence-corrected chi connectivity index (χ4v) is 1.43. The van der Waals surface area contributed by atoms with Crippen molar-refractivity contribution in [3.63, 3.8) is 0 Å². The van der Waals surface area contributed by atoms with E-state index < -0.39 is 0 Å². The molecule has 0 N–H and O–H groups in total. The van der Waals surface area contributed by atoms with Gasteiger partial charge in [0.15, 0.2) is 0 Å². The fraction of sp³-hybridized carbons (Fsp3) is 1.00. The summed E-state index contributed by atoms with van der Waals surface area (Å²) in [5.41, 5.74) is 8.05. The van der Waals surface area contributed by atoms with Crippen LogP contribution in [0.4, 0.5) is 0 Å². The van der Waals surface area contributed by atoms with E-state index in [-0.39, 0.29) is 0 Å². The van der Waals surface area contributed by atoms with Crippen LogP contribution in [-0.4, -0.2) is 30.6 Å². The Labute approximate surface area is 73.2 Å². The van der Waals surface area contributed by atoms with E-state index in [1.807, 2.05) is 0 Å². The van der Waals surface area contributed by atoms with Gasteiger partial charge in [0.05, 0.1) is 0 Å². The van der Waals surface area contributed by atoms with Gasteiger partial charge in [0, 0.05) is 17.5 Å². The SMILES string of the molecule is CCN(CCCN=[N+]=[N-])C1CC1. The molecule has 0 spiro atoms. The van der Waals surface area contributed by atoms with E-state index in [1.165, 1.54) is 12.8 Å². The average Bonchev–Trinajstić information content (AvgIpc) is 2.88. The molecule has 0 aromatic heterocycles. The van der Waals surface area contributed by atoms with Crippen LogP contribution in [0.25, 0.3) is 10.4 Å². The number of azide groups is 1. The van der Waals surface area contributed by atoms with Gasteiger partial charge in [-0.2, -0.15) is 0 Å². The third-order valence-corrected chi connectivity index (χ3v) is 2.24. The van der Waals surface area contributed by atoms with Gasteiger partial charge in [0.25, 0.3) is 0 Å². The summed E-state index contributed by atoms with van der Waals surface area (Å²) in [7, 11) is 0. The lowest BCUT2D eigenvalue weighted by Gasteiger charge is -2.18. The zero-order valence-corrected chi connectivity index (χ0v) is 7.61. The van der Waals surface area contributed by atoms with Crippen LogP contribution in [0.2, 0.25) is 0 Å². The Morgan fingerprint density at radius 1 is 1.58 bits per heavy atom. The second-order valence-corrected chi connectivity index (χ2v) is 3.17. The molecule has 1 fully saturated rings. The summed E-state index contributed by atoms with van der Waals surface area (Å²) in [4.78, 5) is 5.19. The molecular weight excluding hydrogens is 152 g/mol. The van der Waals surface area contributed by atoms with Crippen LogP contribution in [0.1, 0.15) is 26.2 Å². The van der Waals surface area contributed by atoms with Gasteiger partial charge in [-0.25, -0.2) is 0 Å². The molecule has 12 heavy (non-hydrogen) atoms. The number of hydrogen-bond donors (Lipinski definition) is 0. The highest BCUT2D eigenvalue weighted by molar-refractivity contribution is 4.83. The maximum Gasteiger partial charge on any atom is 0.0270 e. The van der Waals surface area contributed by atoms with Crippen molar-refractivity contribution in [2.75, 3.05) is 19.6 Å². The van der Waals surface area contributed by atoms with E-state index in [1.54, 1.807) is 0 Å². The van der Waals surface area contributed by atoms with Crippen LogP contribution in [0.15, 0.2) is 5.11 Å². The first kappa shape index (κ1) is 9.36. The first-order chi connectivity index (χ1) is 5.88. The van der Waals surface area contributed by atoms with Crippen molar-refractivity contribution < 1.29 is 0 Å². The normalized spacial score (nSPS) is 16.2. The van der Waals surface area contributed by atoms with Gasteiger partial charge < -0.3 is 4.90 Å². The van der Waals surface area contributed by atoms with Gasteiger partial charge >= 0.3 is 0 Å². The Morgan fingerprint density at radius 3 is 2.83 bits per heavy atom. The lowest BCUT2D eigenvalue weighted by atomic mass is 10.3. The Kier molecular flexibility index (Phi) is 3.91. The molecular formula is C8H16N4. The van der Waals surface area contributed by atoms with E-state index in [0.717, 1.165) is 25.6 Å². The van der Waals surface area contributed by atoms with Gasteiger partial charge in [-0.05, 0) is 37.9 Å². The van der Waals surface area contributed by atoms with Crippen LogP contribution in [-0.2, 0) is 0 Å². The van der Waals surface area contributed by atoms with E-state index in [4.69, 9.17) is 5.53 Å². The zero-order chi connectivity index (χ0) is 8.81. The van der Waals surface area contributed by atoms with E-state index in [0.29, 0.717) is 6.54 Å². The molecule has 1 saturated carbocycles. The molecule has 1 aliphatic carbocycles.